The van der Waals surface area contributed by atoms with Gasteiger partial charge in [0.25, 0.3) is 11.6 Å². The Morgan fingerprint density at radius 1 is 1.12 bits per heavy atom. The highest BCUT2D eigenvalue weighted by molar-refractivity contribution is 6.06. The Bertz CT molecular complexity index is 1010. The molecule has 3 rings (SSSR count). The highest BCUT2D eigenvalue weighted by Gasteiger charge is 2.19. The fraction of sp³-hybridized carbons (Fsp3) is 0.158. The fourth-order valence-corrected chi connectivity index (χ4v) is 2.89. The van der Waals surface area contributed by atoms with Crippen LogP contribution < -0.4 is 5.32 Å². The molecule has 0 aliphatic carbocycles. The van der Waals surface area contributed by atoms with E-state index in [2.05, 4.69) is 10.4 Å². The summed E-state index contributed by atoms with van der Waals surface area (Å²) in [6.45, 7) is 5.40. The standard InChI is InChI=1S/C19H18N4O3/c1-12-11-13(2)22(21-12)18-9-5-4-8-16(18)20-19(24)15-7-6-10-17(14(15)3)23(25)26/h4-11H,1-3H3,(H,20,24). The quantitative estimate of drug-likeness (QED) is 0.570. The molecule has 7 heteroatoms. The average molecular weight is 350 g/mol. The molecule has 0 saturated heterocycles. The second-order valence-electron chi connectivity index (χ2n) is 6.02. The number of amides is 1. The van der Waals surface area contributed by atoms with Crippen molar-refractivity contribution in [3.63, 3.8) is 0 Å². The van der Waals surface area contributed by atoms with Crippen molar-refractivity contribution in [2.75, 3.05) is 5.32 Å². The van der Waals surface area contributed by atoms with Gasteiger partial charge in [-0.05, 0) is 45.0 Å². The van der Waals surface area contributed by atoms with Crippen molar-refractivity contribution in [1.29, 1.82) is 0 Å². The molecule has 2 aromatic carbocycles. The van der Waals surface area contributed by atoms with Gasteiger partial charge in [0.1, 0.15) is 0 Å². The van der Waals surface area contributed by atoms with E-state index >= 15 is 0 Å². The first-order valence-electron chi connectivity index (χ1n) is 8.06. The molecule has 0 spiro atoms. The van der Waals surface area contributed by atoms with Crippen molar-refractivity contribution in [3.05, 3.63) is 81.2 Å². The Balaban J connectivity index is 1.98. The molecule has 0 aliphatic heterocycles. The molecule has 1 N–H and O–H groups in total. The number of hydrogen-bond donors (Lipinski definition) is 1. The number of benzene rings is 2. The lowest BCUT2D eigenvalue weighted by atomic mass is 10.1. The van der Waals surface area contributed by atoms with Crippen LogP contribution in [0.2, 0.25) is 0 Å². The maximum absolute atomic E-state index is 12.7. The number of nitrogens with one attached hydrogen (secondary N) is 1. The number of aryl methyl sites for hydroxylation is 2. The first-order chi connectivity index (χ1) is 12.4. The number of rotatable bonds is 4. The van der Waals surface area contributed by atoms with E-state index in [9.17, 15) is 14.9 Å². The van der Waals surface area contributed by atoms with Crippen LogP contribution in [0.25, 0.3) is 5.69 Å². The average Bonchev–Trinajstić information content (AvgIpc) is 2.93. The maximum atomic E-state index is 12.7. The van der Waals surface area contributed by atoms with Crippen LogP contribution in [0.5, 0.6) is 0 Å². The van der Waals surface area contributed by atoms with Crippen LogP contribution in [0.15, 0.2) is 48.5 Å². The van der Waals surface area contributed by atoms with Crippen LogP contribution in [-0.4, -0.2) is 20.6 Å². The zero-order valence-corrected chi connectivity index (χ0v) is 14.7. The molecule has 132 valence electrons. The smallest absolute Gasteiger partial charge is 0.273 e. The number of aromatic nitrogens is 2. The number of nitrogens with zero attached hydrogens (tertiary/aromatic N) is 3. The molecule has 1 heterocycles. The van der Waals surface area contributed by atoms with E-state index in [1.165, 1.54) is 12.1 Å². The van der Waals surface area contributed by atoms with Crippen LogP contribution in [-0.2, 0) is 0 Å². The zero-order valence-electron chi connectivity index (χ0n) is 14.7. The Hall–Kier alpha value is -3.48. The number of carbonyl (C=O) groups is 1. The van der Waals surface area contributed by atoms with E-state index < -0.39 is 10.8 Å². The molecule has 0 aliphatic rings. The SMILES string of the molecule is Cc1cc(C)n(-c2ccccc2NC(=O)c2cccc([N+](=O)[O-])c2C)n1. The van der Waals surface area contributed by atoms with Crippen molar-refractivity contribution < 1.29 is 9.72 Å². The highest BCUT2D eigenvalue weighted by atomic mass is 16.6. The predicted octanol–water partition coefficient (Wildman–Crippen LogP) is 3.96. The summed E-state index contributed by atoms with van der Waals surface area (Å²) < 4.78 is 1.76. The molecule has 7 nitrogen and oxygen atoms in total. The van der Waals surface area contributed by atoms with Crippen molar-refractivity contribution in [2.45, 2.75) is 20.8 Å². The van der Waals surface area contributed by atoms with E-state index in [0.717, 1.165) is 17.1 Å². The number of nitro benzene ring substituents is 1. The molecule has 0 bridgehead atoms. The van der Waals surface area contributed by atoms with Gasteiger partial charge in [-0.1, -0.05) is 18.2 Å². The largest absolute Gasteiger partial charge is 0.320 e. The van der Waals surface area contributed by atoms with Crippen LogP contribution in [0.1, 0.15) is 27.3 Å². The van der Waals surface area contributed by atoms with Gasteiger partial charge in [0.15, 0.2) is 0 Å². The maximum Gasteiger partial charge on any atom is 0.273 e. The molecule has 0 radical (unpaired) electrons. The van der Waals surface area contributed by atoms with Crippen molar-refractivity contribution in [3.8, 4) is 5.69 Å². The predicted molar refractivity (Wildman–Crippen MR) is 98.8 cm³/mol. The Kier molecular flexibility index (Phi) is 4.53. The number of anilines is 1. The van der Waals surface area contributed by atoms with Gasteiger partial charge in [0.2, 0.25) is 0 Å². The van der Waals surface area contributed by atoms with Crippen LogP contribution >= 0.6 is 0 Å². The summed E-state index contributed by atoms with van der Waals surface area (Å²) in [4.78, 5) is 23.3. The molecule has 0 unspecified atom stereocenters. The van der Waals surface area contributed by atoms with Gasteiger partial charge >= 0.3 is 0 Å². The summed E-state index contributed by atoms with van der Waals surface area (Å²) in [5, 5.41) is 18.4. The van der Waals surface area contributed by atoms with Gasteiger partial charge < -0.3 is 5.32 Å². The van der Waals surface area contributed by atoms with Crippen molar-refractivity contribution in [2.24, 2.45) is 0 Å². The van der Waals surface area contributed by atoms with E-state index in [4.69, 9.17) is 0 Å². The zero-order chi connectivity index (χ0) is 18.8. The summed E-state index contributed by atoms with van der Waals surface area (Å²) in [6, 6.07) is 13.7. The van der Waals surface area contributed by atoms with Gasteiger partial charge in [-0.25, -0.2) is 4.68 Å². The van der Waals surface area contributed by atoms with E-state index in [0.29, 0.717) is 11.3 Å². The number of para-hydroxylation sites is 2. The Labute approximate surface area is 150 Å². The molecular weight excluding hydrogens is 332 g/mol. The number of nitro groups is 1. The molecule has 0 saturated carbocycles. The molecule has 1 amide bonds. The Morgan fingerprint density at radius 3 is 2.50 bits per heavy atom. The van der Waals surface area contributed by atoms with Gasteiger partial charge in [0.05, 0.1) is 22.0 Å². The van der Waals surface area contributed by atoms with Crippen LogP contribution in [0, 0.1) is 30.9 Å². The summed E-state index contributed by atoms with van der Waals surface area (Å²) in [7, 11) is 0. The van der Waals surface area contributed by atoms with Crippen molar-refractivity contribution in [1.82, 2.24) is 9.78 Å². The van der Waals surface area contributed by atoms with Gasteiger partial charge in [-0.2, -0.15) is 5.10 Å². The summed E-state index contributed by atoms with van der Waals surface area (Å²) in [6.07, 6.45) is 0. The van der Waals surface area contributed by atoms with E-state index in [-0.39, 0.29) is 11.3 Å². The molecular formula is C19H18N4O3. The second-order valence-corrected chi connectivity index (χ2v) is 6.02. The van der Waals surface area contributed by atoms with Crippen LogP contribution in [0.3, 0.4) is 0 Å². The first kappa shape index (κ1) is 17.3. The normalized spacial score (nSPS) is 10.6. The van der Waals surface area contributed by atoms with Gasteiger partial charge in [-0.3, -0.25) is 14.9 Å². The molecule has 0 atom stereocenters. The second kappa shape index (κ2) is 6.79. The topological polar surface area (TPSA) is 90.1 Å². The third-order valence-electron chi connectivity index (χ3n) is 4.14. The Morgan fingerprint density at radius 2 is 1.85 bits per heavy atom. The molecule has 3 aromatic rings. The van der Waals surface area contributed by atoms with E-state index in [1.807, 2.05) is 38.1 Å². The number of carbonyl (C=O) groups excluding carboxylic acids is 1. The summed E-state index contributed by atoms with van der Waals surface area (Å²) >= 11 is 0. The third-order valence-corrected chi connectivity index (χ3v) is 4.14. The van der Waals surface area contributed by atoms with Crippen LogP contribution in [0.4, 0.5) is 11.4 Å². The van der Waals surface area contributed by atoms with E-state index in [1.54, 1.807) is 23.7 Å². The molecule has 26 heavy (non-hydrogen) atoms. The fourth-order valence-electron chi connectivity index (χ4n) is 2.89. The summed E-state index contributed by atoms with van der Waals surface area (Å²) in [5.74, 6) is -0.403. The lowest BCUT2D eigenvalue weighted by Crippen LogP contribution is -2.16. The van der Waals surface area contributed by atoms with Gasteiger partial charge in [-0.15, -0.1) is 0 Å². The minimum atomic E-state index is -0.490. The lowest BCUT2D eigenvalue weighted by Gasteiger charge is -2.13. The highest BCUT2D eigenvalue weighted by Crippen LogP contribution is 2.25. The number of hydrogen-bond acceptors (Lipinski definition) is 4. The first-order valence-corrected chi connectivity index (χ1v) is 8.06. The van der Waals surface area contributed by atoms with Crippen molar-refractivity contribution >= 4 is 17.3 Å². The molecule has 0 fully saturated rings. The summed E-state index contributed by atoms with van der Waals surface area (Å²) in [5.41, 5.74) is 3.64. The van der Waals surface area contributed by atoms with Gasteiger partial charge in [0, 0.05) is 22.9 Å². The minimum Gasteiger partial charge on any atom is -0.320 e. The molecule has 1 aromatic heterocycles. The lowest BCUT2D eigenvalue weighted by molar-refractivity contribution is -0.385. The third kappa shape index (κ3) is 3.19. The monoisotopic (exact) mass is 350 g/mol. The minimum absolute atomic E-state index is 0.0792.